The minimum atomic E-state index is -4.02. The van der Waals surface area contributed by atoms with Gasteiger partial charge in [-0.05, 0) is 235 Å². The lowest BCUT2D eigenvalue weighted by Gasteiger charge is -2.65. The first-order valence-corrected chi connectivity index (χ1v) is 56.8. The standard InChI is InChI=1S/C29H38O6.C26H32N2O5S.C25H28ClNO3.C20H27NO3.C19H23NO3/c1-24-10-11-26(31-12-13-32-26)18-28(24)22(35-28)16-20-21-8-9-29(33-14-15-34-29)25(21,2)17-27(30,23(20)24)19-6-4-3-5-7-19;1-16-4-7-18(8-5-16)34(31,32)33-28-22-11-10-20-19-9-6-17-14-23(30)27-13-12-25(17,2)24(19)21(29)15-26(20,22)3;1-24-12-11-22(30)27(14-15-3-5-16(26)6-4-15)20(24)9-7-17-18-8-10-21(29)25(18,2)13-19(28)23(17)24;1-19-10-13(22)4-6-15(19)14-5-3-12-9-17(24)21-8-7-20(12,2)18(14)16(23)11-19;1-18-7-8-20-16(23)9-11(18)3-4-12-13-5-6-15(22)19(13,2)10-14(21)17(12)18/h3-7,20-23,30H,8-18H2,1-2H3;4-5,7-8,14,19-20,24H,6,9-13,15H2,1-3H3,(H,27,30);3-6,9,17-18,23H,7-8,10-14H2,1-2H3;9,14-15,18H,3-8,10-11H2,1-2H3,(H,21,24);5-6,9,12-13,17H,3-4,7-8,10H2,1-2H3,(H,20,23)/b;28-22+;;;/t20-,21-,22+,23-,24+,25-,27+,28+;19-,20-,24+,25-,26-;17-,18-,23+,24-,25-;14-,15-,18+,19-,20-;12-,13-,17+,18-,19-/m00000/s1. The van der Waals surface area contributed by atoms with Gasteiger partial charge in [-0.1, -0.05) is 175 Å². The van der Waals surface area contributed by atoms with Gasteiger partial charge in [0.05, 0.1) is 50.4 Å². The van der Waals surface area contributed by atoms with Crippen LogP contribution in [0.3, 0.4) is 0 Å². The zero-order chi connectivity index (χ0) is 103. The summed E-state index contributed by atoms with van der Waals surface area (Å²) in [5, 5.41) is 26.7. The summed E-state index contributed by atoms with van der Waals surface area (Å²) in [4.78, 5) is 141. The summed E-state index contributed by atoms with van der Waals surface area (Å²) in [6.45, 7) is 28.5. The van der Waals surface area contributed by atoms with Gasteiger partial charge in [-0.25, -0.2) is 0 Å². The fraction of sp³-hybridized carbons (Fsp3) is 0.664. The molecule has 3 spiro atoms. The molecule has 0 radical (unpaired) electrons. The quantitative estimate of drug-likeness (QED) is 0.132. The van der Waals surface area contributed by atoms with Crippen molar-refractivity contribution in [2.45, 2.75) is 309 Å². The van der Waals surface area contributed by atoms with Crippen LogP contribution in [0.5, 0.6) is 0 Å². The number of carbonyl (C=O) groups is 11. The number of fused-ring (bicyclic) bond motifs is 25. The number of halogens is 1. The number of benzene rings is 3. The van der Waals surface area contributed by atoms with Gasteiger partial charge in [-0.3, -0.25) is 57.0 Å². The van der Waals surface area contributed by atoms with Gasteiger partial charge < -0.3 is 49.6 Å². The Hall–Kier alpha value is -8.60. The van der Waals surface area contributed by atoms with Crippen LogP contribution >= 0.6 is 11.6 Å². The van der Waals surface area contributed by atoms with Crippen molar-refractivity contribution in [2.24, 2.45) is 148 Å². The topological polar surface area (TPSA) is 353 Å². The molecule has 25 nitrogen and oxygen atoms in total. The lowest BCUT2D eigenvalue weighted by atomic mass is 9.40. The molecule has 4 N–H and O–H groups in total. The smallest absolute Gasteiger partial charge is 0.358 e. The summed E-state index contributed by atoms with van der Waals surface area (Å²) in [6, 6.07) is 24.5. The summed E-state index contributed by atoms with van der Waals surface area (Å²) in [6.07, 6.45) is 34.0. The molecule has 0 aromatic heterocycles. The maximum Gasteiger partial charge on any atom is 0.358 e. The fourth-order valence-electron chi connectivity index (χ4n) is 36.9. The number of piperidine rings is 1. The average molecular weight is 2040 g/mol. The van der Waals surface area contributed by atoms with Gasteiger partial charge >= 0.3 is 10.1 Å². The van der Waals surface area contributed by atoms with Crippen LogP contribution in [0.1, 0.15) is 279 Å². The number of aliphatic hydroxyl groups is 1. The van der Waals surface area contributed by atoms with Crippen LogP contribution in [0.2, 0.25) is 5.02 Å². The zero-order valence-electron chi connectivity index (χ0n) is 87.0. The van der Waals surface area contributed by atoms with Crippen LogP contribution in [-0.2, 0) is 103 Å². The molecule has 7 aliphatic heterocycles. The molecule has 0 bridgehead atoms. The molecule has 23 aliphatic rings. The van der Waals surface area contributed by atoms with E-state index in [-0.39, 0.29) is 172 Å². The van der Waals surface area contributed by atoms with Crippen LogP contribution in [0, 0.1) is 150 Å². The highest BCUT2D eigenvalue weighted by atomic mass is 35.5. The Kier molecular flexibility index (Phi) is 25.3. The summed E-state index contributed by atoms with van der Waals surface area (Å²) in [7, 11) is -4.02. The number of aryl methyl sites for hydroxylation is 1. The number of Topliss-reactive ketones (excluding diaryl/α,β-unsaturated/α-hetero) is 6. The van der Waals surface area contributed by atoms with E-state index in [1.807, 2.05) is 69.0 Å². The average Bonchev–Trinajstić information content (AvgIpc) is 1.47. The number of rotatable bonds is 6. The van der Waals surface area contributed by atoms with Crippen LogP contribution < -0.4 is 16.0 Å². The second kappa shape index (κ2) is 36.3. The number of nitrogens with zero attached hydrogens (tertiary/aromatic N) is 2. The Morgan fingerprint density at radius 1 is 0.493 bits per heavy atom. The van der Waals surface area contributed by atoms with Crippen molar-refractivity contribution in [1.82, 2.24) is 20.9 Å². The number of epoxide rings is 1. The van der Waals surface area contributed by atoms with Crippen LogP contribution in [0.25, 0.3) is 0 Å². The maximum atomic E-state index is 13.7. The number of ether oxygens (including phenoxy) is 5. The van der Waals surface area contributed by atoms with Crippen molar-refractivity contribution in [3.8, 4) is 0 Å². The molecular formula is C119H148ClN5O20S. The molecular weight excluding hydrogens is 1890 g/mol. The number of hydrogen-bond acceptors (Lipinski definition) is 21. The van der Waals surface area contributed by atoms with Crippen molar-refractivity contribution in [3.05, 3.63) is 159 Å². The Labute approximate surface area is 863 Å². The number of oxime groups is 1. The third kappa shape index (κ3) is 16.0. The van der Waals surface area contributed by atoms with E-state index in [0.717, 1.165) is 156 Å². The second-order valence-corrected chi connectivity index (χ2v) is 53.1. The van der Waals surface area contributed by atoms with E-state index in [1.165, 1.54) is 17.7 Å². The van der Waals surface area contributed by atoms with Gasteiger partial charge in [0.15, 0.2) is 17.4 Å². The SMILES string of the molecule is C[C@@]12CC(=O)CC[C@H]1[C@@H]1CCC3=CC(=O)NCC[C@]3(C)[C@H]1C(=O)C2.C[C@]12CCC(=O)N(Cc3ccc(Cl)cc3)C1=CC[C@@H]1[C@@H]2C(=O)C[C@]2(C)C(=O)CC[C@@H]12.C[C@]12CCNC(=O)C=C1CC[C@@H]1[C@@H]2C(=O)C[C@]2(C)C(=O)C=C[C@@H]12.C[C@]12C[C@@](O)(c3ccccc3)[C@H]3[C@@H](C[C@H]4O[C@]45CC4(CC[C@]35C)OCCO4)[C@@H]1CCC21OCCO1.Cc1ccc(S(=O)(=O)O/N=C2\CC[C@H]3[C@@H]4CCC5=CC(=O)NCC[C@]5(C)[C@H]4C(=O)C[C@]23C)cc1. The summed E-state index contributed by atoms with van der Waals surface area (Å²) >= 11 is 6.02. The van der Waals surface area contributed by atoms with E-state index in [2.05, 4.69) is 99.9 Å². The van der Waals surface area contributed by atoms with E-state index < -0.39 is 43.5 Å². The molecule has 146 heavy (non-hydrogen) atoms. The van der Waals surface area contributed by atoms with Crippen molar-refractivity contribution in [3.63, 3.8) is 0 Å². The minimum absolute atomic E-state index is 0.0106. The van der Waals surface area contributed by atoms with Crippen molar-refractivity contribution >= 4 is 91.5 Å². The molecule has 782 valence electrons. The molecule has 7 heterocycles. The minimum Gasteiger partial charge on any atom is -0.385 e. The van der Waals surface area contributed by atoms with Gasteiger partial charge in [0.2, 0.25) is 23.6 Å². The third-order valence-corrected chi connectivity index (χ3v) is 45.3. The van der Waals surface area contributed by atoms with Gasteiger partial charge in [0.25, 0.3) is 0 Å². The second-order valence-electron chi connectivity index (χ2n) is 51.2. The van der Waals surface area contributed by atoms with E-state index >= 15 is 0 Å². The van der Waals surface area contributed by atoms with E-state index in [1.54, 1.807) is 36.4 Å². The maximum absolute atomic E-state index is 13.7. The molecule has 3 aromatic rings. The molecule has 14 saturated carbocycles. The number of carbonyl (C=O) groups excluding carboxylic acids is 11. The molecule has 4 amide bonds. The first-order chi connectivity index (χ1) is 69.3. The van der Waals surface area contributed by atoms with Gasteiger partial charge in [0.1, 0.15) is 45.2 Å². The normalized spacial score (nSPS) is 43.6. The predicted octanol–water partition coefficient (Wildman–Crippen LogP) is 18.0. The summed E-state index contributed by atoms with van der Waals surface area (Å²) in [5.41, 5.74) is 3.69. The summed E-state index contributed by atoms with van der Waals surface area (Å²) < 4.78 is 62.5. The molecule has 18 fully saturated rings. The fourth-order valence-corrected chi connectivity index (χ4v) is 37.7. The Bertz CT molecular complexity index is 6230. The molecule has 0 unspecified atom stereocenters. The van der Waals surface area contributed by atoms with Crippen LogP contribution in [0.4, 0.5) is 0 Å². The Morgan fingerprint density at radius 2 is 1.03 bits per heavy atom. The monoisotopic (exact) mass is 2030 g/mol. The number of likely N-dealkylation sites (tertiary alicyclic amines) is 1. The van der Waals surface area contributed by atoms with Gasteiger partial charge in [-0.15, -0.1) is 0 Å². The molecule has 16 aliphatic carbocycles. The molecule has 27 heteroatoms. The van der Waals surface area contributed by atoms with Crippen molar-refractivity contribution < 1.29 is 94.2 Å². The first kappa shape index (κ1) is 102. The predicted molar refractivity (Wildman–Crippen MR) is 544 cm³/mol. The Morgan fingerprint density at radius 3 is 1.65 bits per heavy atom. The first-order valence-electron chi connectivity index (χ1n) is 55.0. The number of nitrogens with one attached hydrogen (secondary N) is 3. The highest BCUT2D eigenvalue weighted by Gasteiger charge is 2.84. The van der Waals surface area contributed by atoms with E-state index in [0.29, 0.717) is 169 Å². The van der Waals surface area contributed by atoms with Gasteiger partial charge in [-0.2, -0.15) is 8.42 Å². The highest BCUT2D eigenvalue weighted by molar-refractivity contribution is 7.86. The van der Waals surface area contributed by atoms with Crippen molar-refractivity contribution in [1.29, 1.82) is 0 Å². The van der Waals surface area contributed by atoms with Gasteiger partial charge in [0, 0.05) is 198 Å². The van der Waals surface area contributed by atoms with Crippen LogP contribution in [0.15, 0.2) is 148 Å². The third-order valence-electron chi connectivity index (χ3n) is 43.9. The molecule has 4 saturated heterocycles. The van der Waals surface area contributed by atoms with Crippen molar-refractivity contribution in [2.75, 3.05) is 46.1 Å². The van der Waals surface area contributed by atoms with E-state index in [9.17, 15) is 66.3 Å². The lowest BCUT2D eigenvalue weighted by molar-refractivity contribution is -0.296. The summed E-state index contributed by atoms with van der Waals surface area (Å²) in [5.74, 6) is 3.43. The number of hydrogen-bond donors (Lipinski definition) is 4. The lowest BCUT2D eigenvalue weighted by Crippen LogP contribution is -2.68. The Balaban J connectivity index is 0.000000105. The largest absolute Gasteiger partial charge is 0.385 e. The molecule has 3 aromatic carbocycles. The van der Waals surface area contributed by atoms with Crippen LogP contribution in [-0.4, -0.2) is 158 Å². The zero-order valence-corrected chi connectivity index (χ0v) is 88.5. The molecule has 28 atom stereocenters. The van der Waals surface area contributed by atoms with E-state index in [4.69, 9.17) is 39.6 Å². The number of amides is 4. The number of allylic oxidation sites excluding steroid dienone is 7. The molecule has 26 rings (SSSR count). The number of ketones is 7. The highest BCUT2D eigenvalue weighted by Crippen LogP contribution is 2.80.